The molecule has 0 saturated carbocycles. The van der Waals surface area contributed by atoms with Crippen LogP contribution >= 0.6 is 31.9 Å². The third kappa shape index (κ3) is 6.26. The van der Waals surface area contributed by atoms with Crippen LogP contribution in [0, 0.1) is 5.82 Å². The van der Waals surface area contributed by atoms with Crippen molar-refractivity contribution in [3.05, 3.63) is 56.2 Å². The number of hydrogen-bond donors (Lipinski definition) is 2. The van der Waals surface area contributed by atoms with Crippen molar-refractivity contribution in [2.75, 3.05) is 11.0 Å². The Kier molecular flexibility index (Phi) is 6.64. The molecule has 26 heavy (non-hydrogen) atoms. The summed E-state index contributed by atoms with van der Waals surface area (Å²) < 4.78 is 45.2. The van der Waals surface area contributed by atoms with Gasteiger partial charge in [-0.3, -0.25) is 9.52 Å². The smallest absolute Gasteiger partial charge is 0.307 e. The fourth-order valence-corrected chi connectivity index (χ4v) is 4.25. The quantitative estimate of drug-likeness (QED) is 0.588. The lowest BCUT2D eigenvalue weighted by atomic mass is 10.1. The van der Waals surface area contributed by atoms with Gasteiger partial charge in [0.15, 0.2) is 0 Å². The number of rotatable bonds is 7. The van der Waals surface area contributed by atoms with Crippen molar-refractivity contribution in [1.29, 1.82) is 0 Å². The number of hydrogen-bond acceptors (Lipinski definition) is 4. The predicted molar refractivity (Wildman–Crippen MR) is 102 cm³/mol. The van der Waals surface area contributed by atoms with Crippen molar-refractivity contribution in [1.82, 2.24) is 0 Å². The normalized spacial score (nSPS) is 11.2. The highest BCUT2D eigenvalue weighted by Gasteiger charge is 2.12. The lowest BCUT2D eigenvalue weighted by Crippen LogP contribution is -2.10. The van der Waals surface area contributed by atoms with Gasteiger partial charge in [0.05, 0.1) is 27.3 Å². The Labute approximate surface area is 166 Å². The van der Waals surface area contributed by atoms with Gasteiger partial charge in [0.1, 0.15) is 18.2 Å². The van der Waals surface area contributed by atoms with Crippen LogP contribution in [0.25, 0.3) is 0 Å². The van der Waals surface area contributed by atoms with E-state index < -0.39 is 21.8 Å². The Bertz CT molecular complexity index is 927. The highest BCUT2D eigenvalue weighted by Crippen LogP contribution is 2.35. The molecule has 0 bridgehead atoms. The van der Waals surface area contributed by atoms with Gasteiger partial charge in [-0.25, -0.2) is 12.8 Å². The highest BCUT2D eigenvalue weighted by atomic mass is 79.9. The molecule has 140 valence electrons. The second kappa shape index (κ2) is 8.36. The molecule has 0 spiro atoms. The van der Waals surface area contributed by atoms with E-state index in [9.17, 15) is 17.6 Å². The zero-order valence-corrected chi connectivity index (χ0v) is 17.4. The molecule has 0 radical (unpaired) electrons. The standard InChI is InChI=1S/C16H14Br2FNO5S/c1-26(23,24)20-12-3-10(2-11(19)7-12)8-25-16-13(17)4-9(5-14(16)18)6-15(21)22/h2-5,7,20H,6,8H2,1H3,(H,21,22). The van der Waals surface area contributed by atoms with Gasteiger partial charge in [-0.15, -0.1) is 0 Å². The van der Waals surface area contributed by atoms with E-state index >= 15 is 0 Å². The molecule has 10 heteroatoms. The second-order valence-electron chi connectivity index (χ2n) is 5.47. The van der Waals surface area contributed by atoms with Crippen molar-refractivity contribution < 1.29 is 27.4 Å². The van der Waals surface area contributed by atoms with Crippen molar-refractivity contribution in [2.45, 2.75) is 13.0 Å². The number of ether oxygens (including phenoxy) is 1. The molecule has 0 aliphatic carbocycles. The molecule has 0 aromatic heterocycles. The van der Waals surface area contributed by atoms with Crippen molar-refractivity contribution in [2.24, 2.45) is 0 Å². The number of halogens is 3. The summed E-state index contributed by atoms with van der Waals surface area (Å²) in [5.41, 5.74) is 1.10. The van der Waals surface area contributed by atoms with Crippen LogP contribution in [0.3, 0.4) is 0 Å². The van der Waals surface area contributed by atoms with Crippen LogP contribution in [0.1, 0.15) is 11.1 Å². The average Bonchev–Trinajstić information content (AvgIpc) is 2.42. The summed E-state index contributed by atoms with van der Waals surface area (Å²) in [6, 6.07) is 7.00. The van der Waals surface area contributed by atoms with E-state index in [0.29, 0.717) is 25.8 Å². The van der Waals surface area contributed by atoms with E-state index in [4.69, 9.17) is 9.84 Å². The maximum Gasteiger partial charge on any atom is 0.307 e. The van der Waals surface area contributed by atoms with Gasteiger partial charge >= 0.3 is 5.97 Å². The number of aliphatic carboxylic acids is 1. The average molecular weight is 511 g/mol. The molecule has 0 unspecified atom stereocenters. The molecule has 0 amide bonds. The van der Waals surface area contributed by atoms with Crippen molar-refractivity contribution in [3.8, 4) is 5.75 Å². The number of carboxylic acids is 1. The summed E-state index contributed by atoms with van der Waals surface area (Å²) in [5.74, 6) is -1.14. The number of nitrogens with one attached hydrogen (secondary N) is 1. The summed E-state index contributed by atoms with van der Waals surface area (Å²) in [6.07, 6.45) is 0.836. The third-order valence-electron chi connectivity index (χ3n) is 3.06. The minimum atomic E-state index is -3.53. The number of carboxylic acid groups (broad SMARTS) is 1. The SMILES string of the molecule is CS(=O)(=O)Nc1cc(F)cc(COc2c(Br)cc(CC(=O)O)cc2Br)c1. The van der Waals surface area contributed by atoms with Crippen LogP contribution in [0.2, 0.25) is 0 Å². The van der Waals surface area contributed by atoms with Crippen LogP contribution in [0.4, 0.5) is 10.1 Å². The monoisotopic (exact) mass is 509 g/mol. The molecule has 6 nitrogen and oxygen atoms in total. The molecule has 2 aromatic rings. The van der Waals surface area contributed by atoms with Crippen molar-refractivity contribution >= 4 is 53.5 Å². The first-order valence-corrected chi connectivity index (χ1v) is 10.6. The van der Waals surface area contributed by atoms with Crippen LogP contribution in [-0.2, 0) is 27.8 Å². The first-order chi connectivity index (χ1) is 12.0. The second-order valence-corrected chi connectivity index (χ2v) is 8.93. The predicted octanol–water partition coefficient (Wildman–Crippen LogP) is 3.93. The lowest BCUT2D eigenvalue weighted by molar-refractivity contribution is -0.136. The summed E-state index contributed by atoms with van der Waals surface area (Å²) in [4.78, 5) is 10.8. The zero-order chi connectivity index (χ0) is 19.5. The van der Waals surface area contributed by atoms with Gasteiger partial charge in [-0.05, 0) is 73.3 Å². The first-order valence-electron chi connectivity index (χ1n) is 7.13. The Hall–Kier alpha value is -1.65. The van der Waals surface area contributed by atoms with Crippen LogP contribution in [0.5, 0.6) is 5.75 Å². The van der Waals surface area contributed by atoms with Crippen LogP contribution < -0.4 is 9.46 Å². The van der Waals surface area contributed by atoms with E-state index in [0.717, 1.165) is 12.3 Å². The summed E-state index contributed by atoms with van der Waals surface area (Å²) in [6.45, 7) is -0.0221. The van der Waals surface area contributed by atoms with Gasteiger partial charge in [-0.2, -0.15) is 0 Å². The molecule has 2 N–H and O–H groups in total. The van der Waals surface area contributed by atoms with E-state index in [1.165, 1.54) is 12.1 Å². The lowest BCUT2D eigenvalue weighted by Gasteiger charge is -2.13. The number of sulfonamides is 1. The van der Waals surface area contributed by atoms with Gasteiger partial charge < -0.3 is 9.84 Å². The van der Waals surface area contributed by atoms with E-state index in [1.54, 1.807) is 12.1 Å². The molecule has 0 atom stereocenters. The maximum absolute atomic E-state index is 13.7. The molecular formula is C16H14Br2FNO5S. The minimum Gasteiger partial charge on any atom is -0.487 e. The Morgan fingerprint density at radius 3 is 2.31 bits per heavy atom. The number of benzene rings is 2. The molecule has 0 fully saturated rings. The maximum atomic E-state index is 13.7. The molecule has 0 saturated heterocycles. The van der Waals surface area contributed by atoms with E-state index in [2.05, 4.69) is 36.6 Å². The number of anilines is 1. The van der Waals surface area contributed by atoms with Gasteiger partial charge in [0.2, 0.25) is 10.0 Å². The highest BCUT2D eigenvalue weighted by molar-refractivity contribution is 9.11. The number of carbonyl (C=O) groups is 1. The van der Waals surface area contributed by atoms with Crippen LogP contribution in [-0.4, -0.2) is 25.7 Å². The summed E-state index contributed by atoms with van der Waals surface area (Å²) in [5, 5.41) is 8.86. The third-order valence-corrected chi connectivity index (χ3v) is 4.84. The summed E-state index contributed by atoms with van der Waals surface area (Å²) >= 11 is 6.63. The first kappa shape index (κ1) is 20.7. The van der Waals surface area contributed by atoms with E-state index in [1.807, 2.05) is 0 Å². The molecular weight excluding hydrogens is 497 g/mol. The topological polar surface area (TPSA) is 92.7 Å². The van der Waals surface area contributed by atoms with Crippen LogP contribution in [0.15, 0.2) is 39.3 Å². The minimum absolute atomic E-state index is 0.0221. The van der Waals surface area contributed by atoms with Gasteiger partial charge in [-0.1, -0.05) is 0 Å². The molecule has 0 aliphatic rings. The fraction of sp³-hybridized carbons (Fsp3) is 0.188. The molecule has 2 rings (SSSR count). The Morgan fingerprint density at radius 2 is 1.77 bits per heavy atom. The zero-order valence-electron chi connectivity index (χ0n) is 13.4. The fourth-order valence-electron chi connectivity index (χ4n) is 2.19. The Balaban J connectivity index is 2.20. The van der Waals surface area contributed by atoms with E-state index in [-0.39, 0.29) is 18.7 Å². The van der Waals surface area contributed by atoms with Crippen molar-refractivity contribution in [3.63, 3.8) is 0 Å². The summed E-state index contributed by atoms with van der Waals surface area (Å²) in [7, 11) is -3.53. The molecule has 0 aliphatic heterocycles. The largest absolute Gasteiger partial charge is 0.487 e. The molecule has 2 aromatic carbocycles. The van der Waals surface area contributed by atoms with Gasteiger partial charge in [0.25, 0.3) is 0 Å². The molecule has 0 heterocycles. The Morgan fingerprint density at radius 1 is 1.15 bits per heavy atom. The van der Waals surface area contributed by atoms with Gasteiger partial charge in [0, 0.05) is 0 Å².